The standard InChI is InChI=1S/C15H16O6/c1-4-21-15(19)12(9(2)16)13(17)10-5-7-11(8-6-10)14(18)20-3/h5-8,17H,4H2,1-3H3. The Labute approximate surface area is 122 Å². The second-order valence-electron chi connectivity index (χ2n) is 4.07. The van der Waals surface area contributed by atoms with Gasteiger partial charge in [-0.2, -0.15) is 0 Å². The molecule has 0 bridgehead atoms. The molecule has 0 atom stereocenters. The normalized spacial score (nSPS) is 11.4. The summed E-state index contributed by atoms with van der Waals surface area (Å²) >= 11 is 0. The van der Waals surface area contributed by atoms with E-state index in [2.05, 4.69) is 4.74 Å². The Morgan fingerprint density at radius 3 is 2.05 bits per heavy atom. The SMILES string of the molecule is CCOC(=O)C(C(C)=O)=C(O)c1ccc(C(=O)OC)cc1. The summed E-state index contributed by atoms with van der Waals surface area (Å²) in [4.78, 5) is 34.5. The number of aliphatic hydroxyl groups excluding tert-OH is 1. The van der Waals surface area contributed by atoms with Gasteiger partial charge in [-0.1, -0.05) is 12.1 Å². The lowest BCUT2D eigenvalue weighted by molar-refractivity contribution is -0.139. The summed E-state index contributed by atoms with van der Waals surface area (Å²) in [5.74, 6) is -2.51. The van der Waals surface area contributed by atoms with Crippen molar-refractivity contribution in [2.24, 2.45) is 0 Å². The van der Waals surface area contributed by atoms with E-state index in [4.69, 9.17) is 4.74 Å². The number of rotatable bonds is 5. The predicted octanol–water partition coefficient (Wildman–Crippen LogP) is 1.89. The number of aliphatic hydroxyl groups is 1. The molecule has 0 aliphatic rings. The summed E-state index contributed by atoms with van der Waals surface area (Å²) in [6, 6.07) is 5.65. The average Bonchev–Trinajstić information content (AvgIpc) is 2.46. The smallest absolute Gasteiger partial charge is 0.345 e. The van der Waals surface area contributed by atoms with Gasteiger partial charge in [0, 0.05) is 5.56 Å². The van der Waals surface area contributed by atoms with E-state index in [0.717, 1.165) is 6.92 Å². The quantitative estimate of drug-likeness (QED) is 0.293. The van der Waals surface area contributed by atoms with Gasteiger partial charge >= 0.3 is 11.9 Å². The van der Waals surface area contributed by atoms with Gasteiger partial charge in [0.1, 0.15) is 11.3 Å². The summed E-state index contributed by atoms with van der Waals surface area (Å²) < 4.78 is 9.29. The summed E-state index contributed by atoms with van der Waals surface area (Å²) in [7, 11) is 1.25. The topological polar surface area (TPSA) is 89.9 Å². The van der Waals surface area contributed by atoms with Gasteiger partial charge in [-0.15, -0.1) is 0 Å². The second kappa shape index (κ2) is 7.23. The van der Waals surface area contributed by atoms with E-state index >= 15 is 0 Å². The Morgan fingerprint density at radius 2 is 1.62 bits per heavy atom. The van der Waals surface area contributed by atoms with Crippen molar-refractivity contribution >= 4 is 23.5 Å². The van der Waals surface area contributed by atoms with Crippen molar-refractivity contribution in [2.75, 3.05) is 13.7 Å². The third kappa shape index (κ3) is 3.92. The maximum absolute atomic E-state index is 11.7. The van der Waals surface area contributed by atoms with Gasteiger partial charge < -0.3 is 14.6 Å². The lowest BCUT2D eigenvalue weighted by atomic mass is 10.0. The summed E-state index contributed by atoms with van der Waals surface area (Å²) in [6.45, 7) is 2.84. The van der Waals surface area contributed by atoms with Crippen molar-refractivity contribution in [3.05, 3.63) is 41.0 Å². The zero-order chi connectivity index (χ0) is 16.0. The number of ketones is 1. The highest BCUT2D eigenvalue weighted by atomic mass is 16.5. The van der Waals surface area contributed by atoms with Crippen LogP contribution in [-0.2, 0) is 19.1 Å². The summed E-state index contributed by atoms with van der Waals surface area (Å²) in [5.41, 5.74) is 0.0816. The first-order valence-corrected chi connectivity index (χ1v) is 6.22. The number of methoxy groups -OCH3 is 1. The maximum Gasteiger partial charge on any atom is 0.345 e. The third-order valence-electron chi connectivity index (χ3n) is 2.65. The molecule has 0 amide bonds. The third-order valence-corrected chi connectivity index (χ3v) is 2.65. The molecule has 0 fully saturated rings. The molecule has 0 saturated heterocycles. The van der Waals surface area contributed by atoms with Crippen LogP contribution < -0.4 is 0 Å². The first-order chi connectivity index (χ1) is 9.92. The fourth-order valence-electron chi connectivity index (χ4n) is 1.64. The van der Waals surface area contributed by atoms with Gasteiger partial charge in [0.05, 0.1) is 19.3 Å². The molecular formula is C15H16O6. The minimum absolute atomic E-state index is 0.0875. The lowest BCUT2D eigenvalue weighted by Gasteiger charge is -2.08. The highest BCUT2D eigenvalue weighted by Crippen LogP contribution is 2.19. The van der Waals surface area contributed by atoms with Crippen molar-refractivity contribution in [1.82, 2.24) is 0 Å². The number of benzene rings is 1. The molecule has 0 aliphatic carbocycles. The zero-order valence-electron chi connectivity index (χ0n) is 12.0. The van der Waals surface area contributed by atoms with Crippen LogP contribution in [0, 0.1) is 0 Å². The van der Waals surface area contributed by atoms with Crippen LogP contribution in [0.5, 0.6) is 0 Å². The molecule has 21 heavy (non-hydrogen) atoms. The Kier molecular flexibility index (Phi) is 5.66. The molecular weight excluding hydrogens is 276 g/mol. The number of Topliss-reactive ketones (excluding diaryl/α,β-unsaturated/α-hetero) is 1. The molecule has 1 aromatic carbocycles. The van der Waals surface area contributed by atoms with E-state index in [1.807, 2.05) is 0 Å². The van der Waals surface area contributed by atoms with Crippen molar-refractivity contribution in [3.63, 3.8) is 0 Å². The fraction of sp³-hybridized carbons (Fsp3) is 0.267. The molecule has 0 saturated carbocycles. The van der Waals surface area contributed by atoms with Crippen molar-refractivity contribution in [1.29, 1.82) is 0 Å². The van der Waals surface area contributed by atoms with Crippen LogP contribution in [0.1, 0.15) is 29.8 Å². The lowest BCUT2D eigenvalue weighted by Crippen LogP contribution is -2.16. The average molecular weight is 292 g/mol. The van der Waals surface area contributed by atoms with Crippen LogP contribution in [0.2, 0.25) is 0 Å². The molecule has 6 heteroatoms. The number of ether oxygens (including phenoxy) is 2. The van der Waals surface area contributed by atoms with Crippen molar-refractivity contribution in [2.45, 2.75) is 13.8 Å². The Bertz CT molecular complexity index is 583. The van der Waals surface area contributed by atoms with E-state index < -0.39 is 29.1 Å². The largest absolute Gasteiger partial charge is 0.506 e. The van der Waals surface area contributed by atoms with Gasteiger partial charge in [0.25, 0.3) is 0 Å². The number of carbonyl (C=O) groups excluding carboxylic acids is 3. The first kappa shape index (κ1) is 16.4. The molecule has 1 rings (SSSR count). The van der Waals surface area contributed by atoms with Crippen LogP contribution in [0.3, 0.4) is 0 Å². The van der Waals surface area contributed by atoms with E-state index in [0.29, 0.717) is 0 Å². The summed E-state index contributed by atoms with van der Waals surface area (Å²) in [5, 5.41) is 10.1. The van der Waals surface area contributed by atoms with Crippen molar-refractivity contribution in [3.8, 4) is 0 Å². The molecule has 0 unspecified atom stereocenters. The minimum atomic E-state index is -0.889. The molecule has 0 spiro atoms. The zero-order valence-corrected chi connectivity index (χ0v) is 12.0. The van der Waals surface area contributed by atoms with Gasteiger partial charge in [-0.25, -0.2) is 9.59 Å². The molecule has 0 aromatic heterocycles. The van der Waals surface area contributed by atoms with E-state index in [1.54, 1.807) is 6.92 Å². The molecule has 0 aliphatic heterocycles. The van der Waals surface area contributed by atoms with Crippen molar-refractivity contribution < 1.29 is 29.0 Å². The van der Waals surface area contributed by atoms with Crippen LogP contribution in [0.15, 0.2) is 29.8 Å². The second-order valence-corrected chi connectivity index (χ2v) is 4.07. The van der Waals surface area contributed by atoms with Gasteiger partial charge in [0.15, 0.2) is 5.78 Å². The molecule has 112 valence electrons. The first-order valence-electron chi connectivity index (χ1n) is 6.22. The highest BCUT2D eigenvalue weighted by Gasteiger charge is 2.22. The molecule has 0 radical (unpaired) electrons. The Hall–Kier alpha value is -2.63. The number of hydrogen-bond donors (Lipinski definition) is 1. The van der Waals surface area contributed by atoms with Gasteiger partial charge in [0.2, 0.25) is 0 Å². The van der Waals surface area contributed by atoms with Gasteiger partial charge in [-0.05, 0) is 26.0 Å². The monoisotopic (exact) mass is 292 g/mol. The highest BCUT2D eigenvalue weighted by molar-refractivity contribution is 6.21. The predicted molar refractivity (Wildman–Crippen MR) is 74.6 cm³/mol. The minimum Gasteiger partial charge on any atom is -0.506 e. The fourth-order valence-corrected chi connectivity index (χ4v) is 1.64. The maximum atomic E-state index is 11.7. The molecule has 1 N–H and O–H groups in total. The number of hydrogen-bond acceptors (Lipinski definition) is 6. The van der Waals surface area contributed by atoms with E-state index in [1.165, 1.54) is 31.4 Å². The van der Waals surface area contributed by atoms with E-state index in [9.17, 15) is 19.5 Å². The molecule has 0 heterocycles. The van der Waals surface area contributed by atoms with Crippen LogP contribution in [0.25, 0.3) is 5.76 Å². The Morgan fingerprint density at radius 1 is 1.10 bits per heavy atom. The Balaban J connectivity index is 3.21. The van der Waals surface area contributed by atoms with Gasteiger partial charge in [-0.3, -0.25) is 4.79 Å². The summed E-state index contributed by atoms with van der Waals surface area (Å²) in [6.07, 6.45) is 0. The molecule has 1 aromatic rings. The van der Waals surface area contributed by atoms with Crippen LogP contribution >= 0.6 is 0 Å². The van der Waals surface area contributed by atoms with Crippen LogP contribution in [-0.4, -0.2) is 36.5 Å². The number of carbonyl (C=O) groups is 3. The van der Waals surface area contributed by atoms with Crippen LogP contribution in [0.4, 0.5) is 0 Å². The van der Waals surface area contributed by atoms with E-state index in [-0.39, 0.29) is 17.7 Å². The molecule has 6 nitrogen and oxygen atoms in total. The number of esters is 2.